The Morgan fingerprint density at radius 1 is 0.947 bits per heavy atom. The minimum absolute atomic E-state index is 0.494. The summed E-state index contributed by atoms with van der Waals surface area (Å²) in [5, 5.41) is 3.92. The highest BCUT2D eigenvalue weighted by Gasteiger charge is 2.35. The lowest BCUT2D eigenvalue weighted by atomic mass is 9.86. The zero-order valence-electron chi connectivity index (χ0n) is 12.1. The molecular formula is C18H27N. The molecule has 1 aromatic rings. The van der Waals surface area contributed by atoms with Crippen LogP contribution in [0.25, 0.3) is 0 Å². The lowest BCUT2D eigenvalue weighted by Crippen LogP contribution is -2.37. The van der Waals surface area contributed by atoms with Gasteiger partial charge in [-0.2, -0.15) is 0 Å². The van der Waals surface area contributed by atoms with E-state index in [-0.39, 0.29) is 0 Å². The van der Waals surface area contributed by atoms with Crippen molar-refractivity contribution in [3.8, 4) is 0 Å². The Kier molecular flexibility index (Phi) is 4.22. The second kappa shape index (κ2) is 6.09. The summed E-state index contributed by atoms with van der Waals surface area (Å²) in [5.41, 5.74) is 1.43. The summed E-state index contributed by atoms with van der Waals surface area (Å²) in [7, 11) is 0. The zero-order chi connectivity index (χ0) is 13.1. The van der Waals surface area contributed by atoms with E-state index in [0.29, 0.717) is 6.04 Å². The molecule has 1 aromatic carbocycles. The van der Waals surface area contributed by atoms with Crippen molar-refractivity contribution in [1.29, 1.82) is 0 Å². The third kappa shape index (κ3) is 3.02. The first-order valence-corrected chi connectivity index (χ1v) is 8.15. The summed E-state index contributed by atoms with van der Waals surface area (Å²) in [5.74, 6) is 1.97. The van der Waals surface area contributed by atoms with Crippen LogP contribution in [0.1, 0.15) is 63.5 Å². The Hall–Kier alpha value is -0.820. The van der Waals surface area contributed by atoms with Crippen molar-refractivity contribution in [2.45, 2.75) is 64.0 Å². The standard InChI is InChI=1S/C18H27N/c1-14(15-8-3-2-4-9-15)19-18-13-7-12-17(18)16-10-5-6-11-16/h2-4,8-9,14,16-19H,5-7,10-13H2,1H3/t14?,17-,18-/m0/s1. The van der Waals surface area contributed by atoms with Gasteiger partial charge in [-0.15, -0.1) is 0 Å². The van der Waals surface area contributed by atoms with E-state index < -0.39 is 0 Å². The molecular weight excluding hydrogens is 230 g/mol. The molecule has 3 rings (SSSR count). The maximum Gasteiger partial charge on any atom is 0.0294 e. The van der Waals surface area contributed by atoms with Crippen molar-refractivity contribution in [2.24, 2.45) is 11.8 Å². The Balaban J connectivity index is 1.62. The SMILES string of the molecule is CC(N[C@H]1CCC[C@H]1C1CCCC1)c1ccccc1. The maximum atomic E-state index is 3.92. The summed E-state index contributed by atoms with van der Waals surface area (Å²) in [6.45, 7) is 2.32. The molecule has 0 aromatic heterocycles. The quantitative estimate of drug-likeness (QED) is 0.824. The molecule has 1 nitrogen and oxygen atoms in total. The zero-order valence-corrected chi connectivity index (χ0v) is 12.1. The van der Waals surface area contributed by atoms with E-state index in [1.54, 1.807) is 0 Å². The molecule has 19 heavy (non-hydrogen) atoms. The predicted octanol–water partition coefficient (Wildman–Crippen LogP) is 4.70. The fraction of sp³-hybridized carbons (Fsp3) is 0.667. The van der Waals surface area contributed by atoms with Crippen LogP contribution in [-0.2, 0) is 0 Å². The molecule has 3 atom stereocenters. The summed E-state index contributed by atoms with van der Waals surface area (Å²) >= 11 is 0. The van der Waals surface area contributed by atoms with Crippen LogP contribution < -0.4 is 5.32 Å². The van der Waals surface area contributed by atoms with E-state index in [2.05, 4.69) is 42.6 Å². The van der Waals surface area contributed by atoms with Crippen LogP contribution in [-0.4, -0.2) is 6.04 Å². The van der Waals surface area contributed by atoms with Crippen molar-refractivity contribution in [1.82, 2.24) is 5.32 Å². The van der Waals surface area contributed by atoms with Crippen molar-refractivity contribution in [3.63, 3.8) is 0 Å². The molecule has 1 N–H and O–H groups in total. The molecule has 1 heteroatoms. The van der Waals surface area contributed by atoms with Gasteiger partial charge in [-0.1, -0.05) is 62.4 Å². The van der Waals surface area contributed by atoms with Crippen LogP contribution in [0.3, 0.4) is 0 Å². The Labute approximate surface area is 117 Å². The Morgan fingerprint density at radius 2 is 1.68 bits per heavy atom. The monoisotopic (exact) mass is 257 g/mol. The smallest absolute Gasteiger partial charge is 0.0294 e. The average molecular weight is 257 g/mol. The lowest BCUT2D eigenvalue weighted by Gasteiger charge is -2.29. The number of nitrogens with one attached hydrogen (secondary N) is 1. The average Bonchev–Trinajstić information content (AvgIpc) is 3.10. The fourth-order valence-electron chi connectivity index (χ4n) is 4.30. The normalized spacial score (nSPS) is 29.7. The first-order chi connectivity index (χ1) is 9.34. The Morgan fingerprint density at radius 3 is 2.42 bits per heavy atom. The van der Waals surface area contributed by atoms with Gasteiger partial charge in [0, 0.05) is 12.1 Å². The van der Waals surface area contributed by atoms with E-state index in [9.17, 15) is 0 Å². The van der Waals surface area contributed by atoms with E-state index >= 15 is 0 Å². The summed E-state index contributed by atoms with van der Waals surface area (Å²) in [4.78, 5) is 0. The minimum Gasteiger partial charge on any atom is -0.307 e. The molecule has 0 aliphatic heterocycles. The molecule has 1 unspecified atom stereocenters. The Bertz CT molecular complexity index is 380. The van der Waals surface area contributed by atoms with Crippen molar-refractivity contribution >= 4 is 0 Å². The van der Waals surface area contributed by atoms with Gasteiger partial charge in [-0.25, -0.2) is 0 Å². The van der Waals surface area contributed by atoms with Crippen molar-refractivity contribution in [3.05, 3.63) is 35.9 Å². The lowest BCUT2D eigenvalue weighted by molar-refractivity contribution is 0.269. The van der Waals surface area contributed by atoms with Crippen LogP contribution in [0.15, 0.2) is 30.3 Å². The van der Waals surface area contributed by atoms with Gasteiger partial charge in [-0.3, -0.25) is 0 Å². The second-order valence-electron chi connectivity index (χ2n) is 6.54. The number of hydrogen-bond donors (Lipinski definition) is 1. The van der Waals surface area contributed by atoms with Gasteiger partial charge >= 0.3 is 0 Å². The van der Waals surface area contributed by atoms with Crippen LogP contribution in [0.2, 0.25) is 0 Å². The molecule has 0 radical (unpaired) electrons. The van der Waals surface area contributed by atoms with E-state index in [4.69, 9.17) is 0 Å². The summed E-state index contributed by atoms with van der Waals surface area (Å²) in [6, 6.07) is 12.2. The van der Waals surface area contributed by atoms with Gasteiger partial charge in [0.2, 0.25) is 0 Å². The van der Waals surface area contributed by atoms with Crippen LogP contribution in [0.5, 0.6) is 0 Å². The van der Waals surface area contributed by atoms with Gasteiger partial charge in [0.15, 0.2) is 0 Å². The molecule has 0 heterocycles. The molecule has 2 saturated carbocycles. The molecule has 2 aliphatic carbocycles. The number of rotatable bonds is 4. The maximum absolute atomic E-state index is 3.92. The van der Waals surface area contributed by atoms with Gasteiger partial charge in [0.05, 0.1) is 0 Å². The van der Waals surface area contributed by atoms with Gasteiger partial charge in [0.25, 0.3) is 0 Å². The molecule has 0 saturated heterocycles. The topological polar surface area (TPSA) is 12.0 Å². The number of benzene rings is 1. The van der Waals surface area contributed by atoms with Gasteiger partial charge < -0.3 is 5.32 Å². The molecule has 104 valence electrons. The van der Waals surface area contributed by atoms with E-state index in [1.165, 1.54) is 50.5 Å². The molecule has 0 amide bonds. The van der Waals surface area contributed by atoms with E-state index in [0.717, 1.165) is 17.9 Å². The number of hydrogen-bond acceptors (Lipinski definition) is 1. The highest BCUT2D eigenvalue weighted by atomic mass is 15.0. The predicted molar refractivity (Wildman–Crippen MR) is 81.1 cm³/mol. The van der Waals surface area contributed by atoms with Crippen LogP contribution in [0, 0.1) is 11.8 Å². The van der Waals surface area contributed by atoms with Crippen LogP contribution >= 0.6 is 0 Å². The second-order valence-corrected chi connectivity index (χ2v) is 6.54. The third-order valence-electron chi connectivity index (χ3n) is 5.34. The minimum atomic E-state index is 0.494. The first kappa shape index (κ1) is 13.2. The van der Waals surface area contributed by atoms with Gasteiger partial charge in [0.1, 0.15) is 0 Å². The van der Waals surface area contributed by atoms with E-state index in [1.807, 2.05) is 0 Å². The molecule has 2 aliphatic rings. The fourth-order valence-corrected chi connectivity index (χ4v) is 4.30. The van der Waals surface area contributed by atoms with Crippen LogP contribution in [0.4, 0.5) is 0 Å². The highest BCUT2D eigenvalue weighted by Crippen LogP contribution is 2.41. The van der Waals surface area contributed by atoms with Gasteiger partial charge in [-0.05, 0) is 37.2 Å². The summed E-state index contributed by atoms with van der Waals surface area (Å²) in [6.07, 6.45) is 10.2. The molecule has 0 spiro atoms. The summed E-state index contributed by atoms with van der Waals surface area (Å²) < 4.78 is 0. The van der Waals surface area contributed by atoms with Crippen molar-refractivity contribution in [2.75, 3.05) is 0 Å². The highest BCUT2D eigenvalue weighted by molar-refractivity contribution is 5.18. The molecule has 0 bridgehead atoms. The van der Waals surface area contributed by atoms with Crippen molar-refractivity contribution < 1.29 is 0 Å². The first-order valence-electron chi connectivity index (χ1n) is 8.15. The molecule has 2 fully saturated rings. The third-order valence-corrected chi connectivity index (χ3v) is 5.34. The largest absolute Gasteiger partial charge is 0.307 e.